The molecule has 2 N–H and O–H groups in total. The van der Waals surface area contributed by atoms with E-state index in [1.807, 2.05) is 0 Å². The van der Waals surface area contributed by atoms with Crippen molar-refractivity contribution in [1.29, 1.82) is 0 Å². The van der Waals surface area contributed by atoms with Crippen molar-refractivity contribution in [2.24, 2.45) is 0 Å². The van der Waals surface area contributed by atoms with Crippen LogP contribution in [-0.2, 0) is 4.74 Å². The number of aromatic nitrogens is 1. The van der Waals surface area contributed by atoms with Gasteiger partial charge in [0.2, 0.25) is 0 Å². The minimum absolute atomic E-state index is 0.154. The van der Waals surface area contributed by atoms with Crippen molar-refractivity contribution in [2.75, 3.05) is 5.32 Å². The molecule has 1 heterocycles. The van der Waals surface area contributed by atoms with E-state index in [4.69, 9.17) is 4.74 Å². The smallest absolute Gasteiger partial charge is 0.412 e. The molecule has 1 saturated carbocycles. The van der Waals surface area contributed by atoms with Gasteiger partial charge in [-0.1, -0.05) is 0 Å². The predicted octanol–water partition coefficient (Wildman–Crippen LogP) is 1.89. The number of hydrogen-bond donors (Lipinski definition) is 2. The summed E-state index contributed by atoms with van der Waals surface area (Å²) >= 11 is 0. The molecule has 6 heteroatoms. The van der Waals surface area contributed by atoms with Crippen LogP contribution in [0.2, 0.25) is 0 Å². The van der Waals surface area contributed by atoms with Crippen molar-refractivity contribution in [1.82, 2.24) is 4.57 Å². The summed E-state index contributed by atoms with van der Waals surface area (Å²) < 4.78 is 6.57. The number of rotatable bonds is 2. The number of pyridine rings is 1. The molecule has 20 heavy (non-hydrogen) atoms. The number of nitrogens with one attached hydrogen (secondary N) is 1. The average molecular weight is 280 g/mol. The summed E-state index contributed by atoms with van der Waals surface area (Å²) in [7, 11) is 0. The van der Waals surface area contributed by atoms with Crippen molar-refractivity contribution < 1.29 is 14.6 Å². The molecule has 0 aliphatic heterocycles. The highest BCUT2D eigenvalue weighted by atomic mass is 16.6. The molecule has 1 aromatic rings. The Labute approximate surface area is 117 Å². The van der Waals surface area contributed by atoms with Crippen LogP contribution in [0.5, 0.6) is 0 Å². The van der Waals surface area contributed by atoms with Gasteiger partial charge in [-0.3, -0.25) is 10.1 Å². The van der Waals surface area contributed by atoms with E-state index in [9.17, 15) is 14.7 Å². The Morgan fingerprint density at radius 3 is 2.65 bits per heavy atom. The number of amides is 1. The van der Waals surface area contributed by atoms with Crippen molar-refractivity contribution in [3.63, 3.8) is 0 Å². The largest absolute Gasteiger partial charge is 0.444 e. The standard InChI is InChI=1S/C14H20N2O4/c1-14(2,3)20-13(19)15-9-5-4-8-16(12(9)18)10-6-7-11(10)17/h4-5,8,10-11,17H,6-7H2,1-3H3,(H,15,19)/t10-,11-/m0/s1. The third-order valence-corrected chi connectivity index (χ3v) is 3.17. The van der Waals surface area contributed by atoms with E-state index in [0.29, 0.717) is 6.42 Å². The zero-order chi connectivity index (χ0) is 14.9. The first-order chi connectivity index (χ1) is 9.28. The Hall–Kier alpha value is -1.82. The molecule has 0 radical (unpaired) electrons. The van der Waals surface area contributed by atoms with E-state index in [1.54, 1.807) is 33.0 Å². The third kappa shape index (κ3) is 3.19. The lowest BCUT2D eigenvalue weighted by Crippen LogP contribution is -2.40. The first-order valence-corrected chi connectivity index (χ1v) is 6.67. The van der Waals surface area contributed by atoms with Crippen LogP contribution in [0.25, 0.3) is 0 Å². The van der Waals surface area contributed by atoms with Crippen LogP contribution in [0.1, 0.15) is 39.7 Å². The molecule has 1 aliphatic rings. The SMILES string of the molecule is CC(C)(C)OC(=O)Nc1cccn([C@H]2CC[C@@H]2O)c1=O. The fourth-order valence-electron chi connectivity index (χ4n) is 2.07. The average Bonchev–Trinajstić information content (AvgIpc) is 2.30. The van der Waals surface area contributed by atoms with E-state index in [1.165, 1.54) is 10.6 Å². The van der Waals surface area contributed by atoms with Crippen LogP contribution in [0.4, 0.5) is 10.5 Å². The van der Waals surface area contributed by atoms with E-state index in [2.05, 4.69) is 5.32 Å². The molecule has 1 aromatic heterocycles. The van der Waals surface area contributed by atoms with Gasteiger partial charge in [0.1, 0.15) is 11.3 Å². The zero-order valence-corrected chi connectivity index (χ0v) is 11.9. The summed E-state index contributed by atoms with van der Waals surface area (Å²) in [6.07, 6.45) is 1.92. The molecular weight excluding hydrogens is 260 g/mol. The van der Waals surface area contributed by atoms with Crippen molar-refractivity contribution in [2.45, 2.75) is 51.4 Å². The fraction of sp³-hybridized carbons (Fsp3) is 0.571. The highest BCUT2D eigenvalue weighted by molar-refractivity contribution is 5.84. The van der Waals surface area contributed by atoms with Crippen molar-refractivity contribution in [3.05, 3.63) is 28.7 Å². The fourth-order valence-corrected chi connectivity index (χ4v) is 2.07. The molecule has 1 aliphatic carbocycles. The number of hydrogen-bond acceptors (Lipinski definition) is 4. The van der Waals surface area contributed by atoms with Crippen LogP contribution in [0.15, 0.2) is 23.1 Å². The summed E-state index contributed by atoms with van der Waals surface area (Å²) in [6, 6.07) is 2.98. The lowest BCUT2D eigenvalue weighted by Gasteiger charge is -2.34. The van der Waals surface area contributed by atoms with Crippen LogP contribution in [-0.4, -0.2) is 27.5 Å². The van der Waals surface area contributed by atoms with Crippen LogP contribution < -0.4 is 10.9 Å². The molecule has 110 valence electrons. The normalized spacial score (nSPS) is 22.0. The highest BCUT2D eigenvalue weighted by Gasteiger charge is 2.31. The number of aliphatic hydroxyl groups excluding tert-OH is 1. The second kappa shape index (κ2) is 5.28. The molecule has 1 fully saturated rings. The van der Waals surface area contributed by atoms with E-state index < -0.39 is 17.8 Å². The van der Waals surface area contributed by atoms with Gasteiger partial charge in [0.15, 0.2) is 0 Å². The number of nitrogens with zero attached hydrogens (tertiary/aromatic N) is 1. The Kier molecular flexibility index (Phi) is 3.85. The molecule has 0 spiro atoms. The number of ether oxygens (including phenoxy) is 1. The van der Waals surface area contributed by atoms with Crippen molar-refractivity contribution in [3.8, 4) is 0 Å². The molecule has 1 amide bonds. The Balaban J connectivity index is 2.15. The first-order valence-electron chi connectivity index (χ1n) is 6.67. The predicted molar refractivity (Wildman–Crippen MR) is 74.8 cm³/mol. The van der Waals surface area contributed by atoms with E-state index >= 15 is 0 Å². The summed E-state index contributed by atoms with van der Waals surface area (Å²) in [6.45, 7) is 5.25. The van der Waals surface area contributed by atoms with Gasteiger partial charge in [0.05, 0.1) is 12.1 Å². The molecular formula is C14H20N2O4. The minimum atomic E-state index is -0.665. The summed E-state index contributed by atoms with van der Waals surface area (Å²) in [4.78, 5) is 23.9. The molecule has 0 unspecified atom stereocenters. The van der Waals surface area contributed by atoms with Gasteiger partial charge in [-0.15, -0.1) is 0 Å². The zero-order valence-electron chi connectivity index (χ0n) is 11.9. The van der Waals surface area contributed by atoms with Gasteiger partial charge in [-0.2, -0.15) is 0 Å². The van der Waals surface area contributed by atoms with Gasteiger partial charge in [0, 0.05) is 6.20 Å². The molecule has 2 atom stereocenters. The van der Waals surface area contributed by atoms with Gasteiger partial charge < -0.3 is 14.4 Å². The number of anilines is 1. The van der Waals surface area contributed by atoms with Gasteiger partial charge in [-0.25, -0.2) is 4.79 Å². The second-order valence-electron chi connectivity index (χ2n) is 5.97. The maximum atomic E-state index is 12.2. The summed E-state index contributed by atoms with van der Waals surface area (Å²) in [5.41, 5.74) is -0.801. The monoisotopic (exact) mass is 280 g/mol. The van der Waals surface area contributed by atoms with E-state index in [-0.39, 0.29) is 17.3 Å². The van der Waals surface area contributed by atoms with Crippen molar-refractivity contribution >= 4 is 11.8 Å². The molecule has 0 saturated heterocycles. The second-order valence-corrected chi connectivity index (χ2v) is 5.97. The Bertz CT molecular complexity index is 559. The van der Waals surface area contributed by atoms with Gasteiger partial charge in [0.25, 0.3) is 5.56 Å². The van der Waals surface area contributed by atoms with Crippen LogP contribution in [0, 0.1) is 0 Å². The minimum Gasteiger partial charge on any atom is -0.444 e. The highest BCUT2D eigenvalue weighted by Crippen LogP contribution is 2.31. The topological polar surface area (TPSA) is 80.6 Å². The Morgan fingerprint density at radius 2 is 2.15 bits per heavy atom. The van der Waals surface area contributed by atoms with Gasteiger partial charge >= 0.3 is 6.09 Å². The van der Waals surface area contributed by atoms with Gasteiger partial charge in [-0.05, 0) is 45.7 Å². The number of carbonyl (C=O) groups excluding carboxylic acids is 1. The maximum absolute atomic E-state index is 12.2. The molecule has 0 bridgehead atoms. The van der Waals surface area contributed by atoms with E-state index in [0.717, 1.165) is 6.42 Å². The summed E-state index contributed by atoms with van der Waals surface area (Å²) in [5.74, 6) is 0. The first kappa shape index (κ1) is 14.6. The lowest BCUT2D eigenvalue weighted by molar-refractivity contribution is 0.0300. The van der Waals surface area contributed by atoms with Crippen LogP contribution in [0.3, 0.4) is 0 Å². The maximum Gasteiger partial charge on any atom is 0.412 e. The quantitative estimate of drug-likeness (QED) is 0.867. The van der Waals surface area contributed by atoms with Crippen LogP contribution >= 0.6 is 0 Å². The third-order valence-electron chi connectivity index (χ3n) is 3.17. The molecule has 2 rings (SSSR count). The Morgan fingerprint density at radius 1 is 1.45 bits per heavy atom. The molecule has 6 nitrogen and oxygen atoms in total. The number of aliphatic hydroxyl groups is 1. The molecule has 0 aromatic carbocycles. The summed E-state index contributed by atoms with van der Waals surface area (Å²) in [5, 5.41) is 12.1. The number of carbonyl (C=O) groups is 1. The lowest BCUT2D eigenvalue weighted by atomic mass is 9.89.